The van der Waals surface area contributed by atoms with Crippen molar-refractivity contribution in [2.75, 3.05) is 0 Å². The molecule has 0 amide bonds. The summed E-state index contributed by atoms with van der Waals surface area (Å²) in [6.45, 7) is 0. The lowest BCUT2D eigenvalue weighted by Gasteiger charge is -2.34. The van der Waals surface area contributed by atoms with E-state index < -0.39 is 0 Å². The van der Waals surface area contributed by atoms with Gasteiger partial charge in [0, 0.05) is 4.47 Å². The first-order valence-corrected chi connectivity index (χ1v) is 13.8. The van der Waals surface area contributed by atoms with E-state index in [0.717, 1.165) is 4.47 Å². The summed E-state index contributed by atoms with van der Waals surface area (Å²) in [7, 11) is 0. The van der Waals surface area contributed by atoms with Gasteiger partial charge in [0.2, 0.25) is 0 Å². The predicted octanol–water partition coefficient (Wildman–Crippen LogP) is 10.1. The summed E-state index contributed by atoms with van der Waals surface area (Å²) in [5.41, 5.74) is 12.4. The van der Waals surface area contributed by atoms with Gasteiger partial charge in [0.05, 0.1) is 5.41 Å². The Morgan fingerprint density at radius 1 is 0.395 bits per heavy atom. The number of rotatable bonds is 4. The predicted molar refractivity (Wildman–Crippen MR) is 162 cm³/mol. The summed E-state index contributed by atoms with van der Waals surface area (Å²) in [5.74, 6) is 0. The van der Waals surface area contributed by atoms with Crippen LogP contribution in [0.5, 0.6) is 0 Å². The second kappa shape index (κ2) is 9.28. The third kappa shape index (κ3) is 3.50. The average molecular weight is 550 g/mol. The maximum absolute atomic E-state index is 3.57. The highest BCUT2D eigenvalue weighted by molar-refractivity contribution is 9.10. The van der Waals surface area contributed by atoms with E-state index in [9.17, 15) is 0 Å². The summed E-state index contributed by atoms with van der Waals surface area (Å²) in [5, 5.41) is 0. The lowest BCUT2D eigenvalue weighted by atomic mass is 9.67. The third-order valence-corrected chi connectivity index (χ3v) is 8.36. The molecule has 1 aliphatic rings. The van der Waals surface area contributed by atoms with Crippen molar-refractivity contribution in [2.24, 2.45) is 0 Å². The SMILES string of the molecule is Brc1ccc(-c2cccc(-c3cccc4c3-c3ccccc3C4(c3ccccc3)c3ccccc3)c2)cc1. The minimum absolute atomic E-state index is 0.381. The van der Waals surface area contributed by atoms with Crippen LogP contribution in [0.1, 0.15) is 22.3 Å². The van der Waals surface area contributed by atoms with Gasteiger partial charge < -0.3 is 0 Å². The Labute approximate surface area is 232 Å². The summed E-state index contributed by atoms with van der Waals surface area (Å²) in [6.07, 6.45) is 0. The largest absolute Gasteiger partial charge is 0.0713 e. The Balaban J connectivity index is 1.53. The molecule has 1 aliphatic carbocycles. The molecule has 0 spiro atoms. The van der Waals surface area contributed by atoms with Gasteiger partial charge in [0.15, 0.2) is 0 Å². The van der Waals surface area contributed by atoms with Crippen LogP contribution in [0.4, 0.5) is 0 Å². The Hall–Kier alpha value is -4.20. The van der Waals surface area contributed by atoms with Crippen LogP contribution in [-0.4, -0.2) is 0 Å². The maximum Gasteiger partial charge on any atom is 0.0713 e. The lowest BCUT2D eigenvalue weighted by molar-refractivity contribution is 0.768. The zero-order valence-electron chi connectivity index (χ0n) is 20.8. The summed E-state index contributed by atoms with van der Waals surface area (Å²) in [4.78, 5) is 0. The minimum atomic E-state index is -0.381. The van der Waals surface area contributed by atoms with Crippen molar-refractivity contribution in [3.05, 3.63) is 178 Å². The third-order valence-electron chi connectivity index (χ3n) is 7.83. The molecule has 38 heavy (non-hydrogen) atoms. The quantitative estimate of drug-likeness (QED) is 0.205. The van der Waals surface area contributed by atoms with Crippen molar-refractivity contribution >= 4 is 15.9 Å². The van der Waals surface area contributed by atoms with Gasteiger partial charge >= 0.3 is 0 Å². The molecule has 0 nitrogen and oxygen atoms in total. The van der Waals surface area contributed by atoms with Crippen LogP contribution in [0.15, 0.2) is 156 Å². The van der Waals surface area contributed by atoms with Gasteiger partial charge in [-0.15, -0.1) is 0 Å². The molecule has 0 aliphatic heterocycles. The molecule has 180 valence electrons. The highest BCUT2D eigenvalue weighted by Crippen LogP contribution is 2.58. The highest BCUT2D eigenvalue weighted by atomic mass is 79.9. The molecule has 7 rings (SSSR count). The first kappa shape index (κ1) is 23.0. The Kier molecular flexibility index (Phi) is 5.60. The number of halogens is 1. The maximum atomic E-state index is 3.57. The van der Waals surface area contributed by atoms with Crippen LogP contribution in [0.2, 0.25) is 0 Å². The van der Waals surface area contributed by atoms with Crippen molar-refractivity contribution in [3.8, 4) is 33.4 Å². The number of hydrogen-bond acceptors (Lipinski definition) is 0. The molecule has 0 aromatic heterocycles. The first-order chi connectivity index (χ1) is 18.8. The number of fused-ring (bicyclic) bond motifs is 3. The van der Waals surface area contributed by atoms with Gasteiger partial charge in [-0.05, 0) is 73.8 Å². The summed E-state index contributed by atoms with van der Waals surface area (Å²) in [6, 6.07) is 55.2. The van der Waals surface area contributed by atoms with E-state index >= 15 is 0 Å². The number of benzene rings is 6. The van der Waals surface area contributed by atoms with Crippen molar-refractivity contribution < 1.29 is 0 Å². The van der Waals surface area contributed by atoms with Crippen molar-refractivity contribution in [2.45, 2.75) is 5.41 Å². The molecular weight excluding hydrogens is 524 g/mol. The molecule has 6 aromatic rings. The monoisotopic (exact) mass is 548 g/mol. The molecule has 0 heterocycles. The van der Waals surface area contributed by atoms with Crippen molar-refractivity contribution in [3.63, 3.8) is 0 Å². The van der Waals surface area contributed by atoms with Gasteiger partial charge in [-0.3, -0.25) is 0 Å². The molecule has 0 N–H and O–H groups in total. The topological polar surface area (TPSA) is 0 Å². The van der Waals surface area contributed by atoms with Gasteiger partial charge in [-0.25, -0.2) is 0 Å². The Morgan fingerprint density at radius 3 is 1.66 bits per heavy atom. The molecule has 0 bridgehead atoms. The van der Waals surface area contributed by atoms with Crippen LogP contribution in [0.25, 0.3) is 33.4 Å². The molecule has 0 unspecified atom stereocenters. The standard InChI is InChI=1S/C37H25Br/c38-31-23-21-26(22-24-31)27-11-9-12-28(25-27)32-18-10-20-35-36(32)33-17-7-8-19-34(33)37(35,29-13-3-1-4-14-29)30-15-5-2-6-16-30/h1-25H. The molecule has 0 saturated heterocycles. The zero-order valence-corrected chi connectivity index (χ0v) is 22.4. The smallest absolute Gasteiger partial charge is 0.0622 e. The van der Waals surface area contributed by atoms with Crippen LogP contribution in [0, 0.1) is 0 Å². The minimum Gasteiger partial charge on any atom is -0.0622 e. The van der Waals surface area contributed by atoms with E-state index in [1.807, 2.05) is 0 Å². The van der Waals surface area contributed by atoms with E-state index in [1.54, 1.807) is 0 Å². The Morgan fingerprint density at radius 2 is 0.947 bits per heavy atom. The van der Waals surface area contributed by atoms with E-state index in [4.69, 9.17) is 0 Å². The average Bonchev–Trinajstić information content (AvgIpc) is 3.30. The Bertz CT molecular complexity index is 1710. The van der Waals surface area contributed by atoms with Crippen LogP contribution < -0.4 is 0 Å². The van der Waals surface area contributed by atoms with Crippen molar-refractivity contribution in [1.29, 1.82) is 0 Å². The van der Waals surface area contributed by atoms with Crippen LogP contribution in [-0.2, 0) is 5.41 Å². The second-order valence-electron chi connectivity index (χ2n) is 9.84. The van der Waals surface area contributed by atoms with Crippen molar-refractivity contribution in [1.82, 2.24) is 0 Å². The molecule has 0 fully saturated rings. The van der Waals surface area contributed by atoms with Gasteiger partial charge in [-0.1, -0.05) is 149 Å². The summed E-state index contributed by atoms with van der Waals surface area (Å²) < 4.78 is 1.09. The van der Waals surface area contributed by atoms with Crippen LogP contribution >= 0.6 is 15.9 Å². The molecule has 6 aromatic carbocycles. The molecule has 0 radical (unpaired) electrons. The van der Waals surface area contributed by atoms with Gasteiger partial charge in [0.25, 0.3) is 0 Å². The molecular formula is C37H25Br. The fourth-order valence-corrected chi connectivity index (χ4v) is 6.51. The molecule has 0 saturated carbocycles. The molecule has 0 atom stereocenters. The summed E-state index contributed by atoms with van der Waals surface area (Å²) >= 11 is 3.57. The lowest BCUT2D eigenvalue weighted by Crippen LogP contribution is -2.28. The normalized spacial score (nSPS) is 13.1. The second-order valence-corrected chi connectivity index (χ2v) is 10.8. The van der Waals surface area contributed by atoms with Gasteiger partial charge in [-0.2, -0.15) is 0 Å². The fourth-order valence-electron chi connectivity index (χ4n) is 6.24. The van der Waals surface area contributed by atoms with E-state index in [2.05, 4.69) is 168 Å². The number of hydrogen-bond donors (Lipinski definition) is 0. The van der Waals surface area contributed by atoms with E-state index in [0.29, 0.717) is 0 Å². The fraction of sp³-hybridized carbons (Fsp3) is 0.0270. The van der Waals surface area contributed by atoms with Gasteiger partial charge in [0.1, 0.15) is 0 Å². The molecule has 1 heteroatoms. The highest BCUT2D eigenvalue weighted by Gasteiger charge is 2.46. The van der Waals surface area contributed by atoms with Crippen LogP contribution in [0.3, 0.4) is 0 Å². The zero-order chi connectivity index (χ0) is 25.5. The first-order valence-electron chi connectivity index (χ1n) is 13.0. The van der Waals surface area contributed by atoms with E-state index in [-0.39, 0.29) is 5.41 Å². The van der Waals surface area contributed by atoms with E-state index in [1.165, 1.54) is 55.6 Å².